The Balaban J connectivity index is 1.59. The van der Waals surface area contributed by atoms with E-state index in [-0.39, 0.29) is 17.9 Å². The van der Waals surface area contributed by atoms with Crippen LogP contribution in [-0.4, -0.2) is 35.8 Å². The van der Waals surface area contributed by atoms with Crippen LogP contribution in [0.1, 0.15) is 49.0 Å². The lowest BCUT2D eigenvalue weighted by Gasteiger charge is -2.34. The average molecular weight is 362 g/mol. The Hall–Kier alpha value is -2.62. The SMILES string of the molecule is CC(=O)N1c2ccc(-c3ccc(C(=O)N4CCCC4)cc3)cc2CC[C@@H]1C. The molecule has 2 aromatic rings. The lowest BCUT2D eigenvalue weighted by Crippen LogP contribution is -2.40. The van der Waals surface area contributed by atoms with Crippen LogP contribution in [0.3, 0.4) is 0 Å². The van der Waals surface area contributed by atoms with Crippen LogP contribution in [0.15, 0.2) is 42.5 Å². The lowest BCUT2D eigenvalue weighted by molar-refractivity contribution is -0.117. The molecule has 27 heavy (non-hydrogen) atoms. The number of anilines is 1. The first-order valence-corrected chi connectivity index (χ1v) is 9.87. The van der Waals surface area contributed by atoms with Crippen molar-refractivity contribution < 1.29 is 9.59 Å². The van der Waals surface area contributed by atoms with Gasteiger partial charge in [-0.15, -0.1) is 0 Å². The number of hydrogen-bond donors (Lipinski definition) is 0. The molecule has 1 atom stereocenters. The highest BCUT2D eigenvalue weighted by Gasteiger charge is 2.26. The predicted octanol–water partition coefficient (Wildman–Crippen LogP) is 4.28. The van der Waals surface area contributed by atoms with Crippen molar-refractivity contribution in [3.8, 4) is 11.1 Å². The summed E-state index contributed by atoms with van der Waals surface area (Å²) >= 11 is 0. The maximum absolute atomic E-state index is 12.5. The lowest BCUT2D eigenvalue weighted by atomic mass is 9.93. The van der Waals surface area contributed by atoms with Crippen molar-refractivity contribution in [3.05, 3.63) is 53.6 Å². The molecule has 0 aliphatic carbocycles. The predicted molar refractivity (Wildman–Crippen MR) is 108 cm³/mol. The third kappa shape index (κ3) is 3.36. The molecule has 1 fully saturated rings. The zero-order chi connectivity index (χ0) is 19.0. The van der Waals surface area contributed by atoms with E-state index < -0.39 is 0 Å². The molecule has 4 rings (SSSR count). The van der Waals surface area contributed by atoms with E-state index in [1.807, 2.05) is 34.1 Å². The number of aryl methyl sites for hydroxylation is 1. The van der Waals surface area contributed by atoms with Crippen LogP contribution >= 0.6 is 0 Å². The smallest absolute Gasteiger partial charge is 0.253 e. The van der Waals surface area contributed by atoms with Crippen molar-refractivity contribution in [1.82, 2.24) is 4.90 Å². The van der Waals surface area contributed by atoms with Crippen LogP contribution in [0.4, 0.5) is 5.69 Å². The molecule has 2 aromatic carbocycles. The number of carbonyl (C=O) groups excluding carboxylic acids is 2. The number of hydrogen-bond acceptors (Lipinski definition) is 2. The first-order chi connectivity index (χ1) is 13.0. The number of nitrogens with zero attached hydrogens (tertiary/aromatic N) is 2. The quantitative estimate of drug-likeness (QED) is 0.800. The fourth-order valence-electron chi connectivity index (χ4n) is 4.32. The van der Waals surface area contributed by atoms with Crippen LogP contribution in [0.2, 0.25) is 0 Å². The second kappa shape index (κ2) is 7.18. The van der Waals surface area contributed by atoms with E-state index in [9.17, 15) is 9.59 Å². The zero-order valence-corrected chi connectivity index (χ0v) is 16.1. The van der Waals surface area contributed by atoms with Gasteiger partial charge in [0.1, 0.15) is 0 Å². The van der Waals surface area contributed by atoms with Gasteiger partial charge in [0, 0.05) is 37.3 Å². The van der Waals surface area contributed by atoms with Gasteiger partial charge in [0.25, 0.3) is 5.91 Å². The van der Waals surface area contributed by atoms with Crippen molar-refractivity contribution in [2.75, 3.05) is 18.0 Å². The van der Waals surface area contributed by atoms with E-state index in [1.54, 1.807) is 6.92 Å². The molecule has 4 nitrogen and oxygen atoms in total. The Morgan fingerprint density at radius 2 is 1.63 bits per heavy atom. The van der Waals surface area contributed by atoms with E-state index in [1.165, 1.54) is 5.56 Å². The Morgan fingerprint density at radius 3 is 2.30 bits per heavy atom. The summed E-state index contributed by atoms with van der Waals surface area (Å²) in [5.74, 6) is 0.233. The topological polar surface area (TPSA) is 40.6 Å². The van der Waals surface area contributed by atoms with Crippen molar-refractivity contribution >= 4 is 17.5 Å². The Morgan fingerprint density at radius 1 is 0.963 bits per heavy atom. The molecule has 0 radical (unpaired) electrons. The molecule has 1 saturated heterocycles. The molecule has 2 aliphatic rings. The summed E-state index contributed by atoms with van der Waals surface area (Å²) in [5, 5.41) is 0. The van der Waals surface area contributed by atoms with E-state index >= 15 is 0 Å². The molecular weight excluding hydrogens is 336 g/mol. The summed E-state index contributed by atoms with van der Waals surface area (Å²) in [7, 11) is 0. The maximum atomic E-state index is 12.5. The number of benzene rings is 2. The summed E-state index contributed by atoms with van der Waals surface area (Å²) in [5.41, 5.74) is 5.25. The Bertz CT molecular complexity index is 866. The van der Waals surface area contributed by atoms with Crippen molar-refractivity contribution in [2.45, 2.75) is 45.6 Å². The van der Waals surface area contributed by atoms with Gasteiger partial charge in [-0.1, -0.05) is 18.2 Å². The highest BCUT2D eigenvalue weighted by molar-refractivity contribution is 5.95. The van der Waals surface area contributed by atoms with Gasteiger partial charge in [0.05, 0.1) is 0 Å². The number of amides is 2. The first-order valence-electron chi connectivity index (χ1n) is 9.87. The summed E-state index contributed by atoms with van der Waals surface area (Å²) < 4.78 is 0. The summed E-state index contributed by atoms with van der Waals surface area (Å²) in [4.78, 5) is 28.4. The molecule has 0 unspecified atom stereocenters. The Labute approximate surface area is 160 Å². The largest absolute Gasteiger partial charge is 0.339 e. The first kappa shape index (κ1) is 17.8. The highest BCUT2D eigenvalue weighted by Crippen LogP contribution is 2.34. The number of fused-ring (bicyclic) bond motifs is 1. The molecule has 4 heteroatoms. The minimum atomic E-state index is 0.0981. The molecule has 2 heterocycles. The minimum Gasteiger partial charge on any atom is -0.339 e. The van der Waals surface area contributed by atoms with Crippen LogP contribution in [0, 0.1) is 0 Å². The fraction of sp³-hybridized carbons (Fsp3) is 0.391. The number of likely N-dealkylation sites (tertiary alicyclic amines) is 1. The van der Waals surface area contributed by atoms with Gasteiger partial charge in [0.2, 0.25) is 5.91 Å². The molecule has 140 valence electrons. The molecule has 0 bridgehead atoms. The molecule has 2 amide bonds. The van der Waals surface area contributed by atoms with E-state index in [2.05, 4.69) is 25.1 Å². The number of rotatable bonds is 2. The molecule has 0 saturated carbocycles. The van der Waals surface area contributed by atoms with Gasteiger partial charge in [-0.2, -0.15) is 0 Å². The van der Waals surface area contributed by atoms with E-state index in [0.717, 1.165) is 61.2 Å². The minimum absolute atomic E-state index is 0.0981. The van der Waals surface area contributed by atoms with Crippen LogP contribution in [-0.2, 0) is 11.2 Å². The van der Waals surface area contributed by atoms with Gasteiger partial charge in [-0.25, -0.2) is 0 Å². The van der Waals surface area contributed by atoms with Crippen molar-refractivity contribution in [1.29, 1.82) is 0 Å². The second-order valence-corrected chi connectivity index (χ2v) is 7.70. The summed E-state index contributed by atoms with van der Waals surface area (Å²) in [6.45, 7) is 5.48. The van der Waals surface area contributed by atoms with E-state index in [0.29, 0.717) is 0 Å². The second-order valence-electron chi connectivity index (χ2n) is 7.70. The van der Waals surface area contributed by atoms with Gasteiger partial charge in [0.15, 0.2) is 0 Å². The molecule has 0 spiro atoms. The fourth-order valence-corrected chi connectivity index (χ4v) is 4.32. The van der Waals surface area contributed by atoms with Gasteiger partial charge in [-0.05, 0) is 73.6 Å². The molecular formula is C23H26N2O2. The summed E-state index contributed by atoms with van der Waals surface area (Å²) in [6.07, 6.45) is 4.18. The van der Waals surface area contributed by atoms with Gasteiger partial charge in [-0.3, -0.25) is 9.59 Å². The van der Waals surface area contributed by atoms with Crippen LogP contribution in [0.25, 0.3) is 11.1 Å². The molecule has 0 N–H and O–H groups in total. The maximum Gasteiger partial charge on any atom is 0.253 e. The van der Waals surface area contributed by atoms with Crippen molar-refractivity contribution in [3.63, 3.8) is 0 Å². The standard InChI is InChI=1S/C23H26N2O2/c1-16-5-6-21-15-20(11-12-22(21)25(16)17(2)26)18-7-9-19(10-8-18)23(27)24-13-3-4-14-24/h7-12,15-16H,3-6,13-14H2,1-2H3/t16-/m0/s1. The zero-order valence-electron chi connectivity index (χ0n) is 16.1. The van der Waals surface area contributed by atoms with Crippen LogP contribution in [0.5, 0.6) is 0 Å². The number of carbonyl (C=O) groups is 2. The normalized spacial score (nSPS) is 19.1. The van der Waals surface area contributed by atoms with Crippen molar-refractivity contribution in [2.24, 2.45) is 0 Å². The monoisotopic (exact) mass is 362 g/mol. The van der Waals surface area contributed by atoms with Gasteiger partial charge >= 0.3 is 0 Å². The highest BCUT2D eigenvalue weighted by atomic mass is 16.2. The van der Waals surface area contributed by atoms with Crippen LogP contribution < -0.4 is 4.90 Å². The third-order valence-corrected chi connectivity index (χ3v) is 5.81. The van der Waals surface area contributed by atoms with Gasteiger partial charge < -0.3 is 9.80 Å². The average Bonchev–Trinajstić information content (AvgIpc) is 3.21. The molecule has 0 aromatic heterocycles. The molecule has 2 aliphatic heterocycles. The third-order valence-electron chi connectivity index (χ3n) is 5.81. The summed E-state index contributed by atoms with van der Waals surface area (Å²) in [6, 6.07) is 14.5. The Kier molecular flexibility index (Phi) is 4.73. The van der Waals surface area contributed by atoms with E-state index in [4.69, 9.17) is 0 Å².